The smallest absolute Gasteiger partial charge is 0.317 e. The lowest BCUT2D eigenvalue weighted by Crippen LogP contribution is -2.55. The van der Waals surface area contributed by atoms with Crippen molar-refractivity contribution < 1.29 is 72.1 Å². The third kappa shape index (κ3) is 17.0. The van der Waals surface area contributed by atoms with E-state index in [9.17, 15) is 53.2 Å². The SMILES string of the molecule is COc1cc2c(cc1-c1cncc(NCCCNC(O)CCOCCNC(=O)CN3CCN(CC(=O)O)CCN(CC(=O)O)CCN(CC(=O)O)CC3)c1)-c1c(c(C(=O)N3CCOCC3(C)C)nn1-c1cc(F)cc(F)c1)CO2. The van der Waals surface area contributed by atoms with Gasteiger partial charge in [0.05, 0.1) is 82.3 Å². The maximum absolute atomic E-state index is 14.8. The average Bonchev–Trinajstić information content (AvgIpc) is 3.88. The number of amides is 2. The number of methoxy groups -OCH3 is 1. The van der Waals surface area contributed by atoms with E-state index in [0.29, 0.717) is 111 Å². The molecule has 1 unspecified atom stereocenters. The van der Waals surface area contributed by atoms with E-state index in [2.05, 4.69) is 20.9 Å². The first-order chi connectivity index (χ1) is 37.9. The molecule has 3 aliphatic heterocycles. The number of anilines is 1. The molecule has 2 aromatic heterocycles. The van der Waals surface area contributed by atoms with Crippen LogP contribution in [0.3, 0.4) is 0 Å². The molecule has 0 bridgehead atoms. The normalized spacial score (nSPS) is 17.1. The Labute approximate surface area is 456 Å². The number of carboxylic acid groups (broad SMARTS) is 3. The minimum atomic E-state index is -1.04. The highest BCUT2D eigenvalue weighted by atomic mass is 19.1. The molecule has 2 amide bonds. The lowest BCUT2D eigenvalue weighted by Gasteiger charge is -2.41. The lowest BCUT2D eigenvalue weighted by atomic mass is 9.95. The highest BCUT2D eigenvalue weighted by molar-refractivity contribution is 5.97. The Bertz CT molecular complexity index is 2720. The van der Waals surface area contributed by atoms with Gasteiger partial charge in [-0.15, -0.1) is 0 Å². The maximum Gasteiger partial charge on any atom is 0.317 e. The Morgan fingerprint density at radius 2 is 1.38 bits per heavy atom. The Morgan fingerprint density at radius 1 is 0.759 bits per heavy atom. The molecule has 7 N–H and O–H groups in total. The molecule has 0 radical (unpaired) electrons. The quantitative estimate of drug-likeness (QED) is 0.0389. The van der Waals surface area contributed by atoms with E-state index in [-0.39, 0.29) is 108 Å². The van der Waals surface area contributed by atoms with Gasteiger partial charge in [-0.25, -0.2) is 13.5 Å². The van der Waals surface area contributed by atoms with E-state index in [4.69, 9.17) is 24.0 Å². The number of rotatable bonds is 24. The summed E-state index contributed by atoms with van der Waals surface area (Å²) in [4.78, 5) is 75.0. The van der Waals surface area contributed by atoms with Crippen molar-refractivity contribution in [3.8, 4) is 39.6 Å². The molecule has 1 atom stereocenters. The monoisotopic (exact) mass is 1110 g/mol. The standard InChI is InChI=1S/C53H71F2N11O13/c1-53(2)34-78-20-17-65(53)52(75)50-42-33-79-44-26-43(76-3)40(25-41(44)51(42)66(60-50)39-23-36(54)22-37(55)24-39)35-21-38(28-56-27-35)57-6-4-7-58-45(67)5-18-77-19-8-59-46(68)29-61-9-11-62(30-47(69)70)13-15-64(32-49(73)74)16-14-63(12-10-61)31-48(71)72/h21-28,45,57-58,67H,4-20,29-34H2,1-3H3,(H,59,68)(H,69,70)(H,71,72)(H,73,74). The molecule has 2 fully saturated rings. The molecule has 4 aromatic rings. The summed E-state index contributed by atoms with van der Waals surface area (Å²) in [7, 11) is 1.53. The zero-order valence-corrected chi connectivity index (χ0v) is 44.8. The van der Waals surface area contributed by atoms with E-state index in [1.807, 2.05) is 30.9 Å². The third-order valence-corrected chi connectivity index (χ3v) is 13.7. The number of aliphatic hydroxyl groups excluding tert-OH is 1. The van der Waals surface area contributed by atoms with Gasteiger partial charge in [-0.2, -0.15) is 5.10 Å². The average molecular weight is 1110 g/mol. The van der Waals surface area contributed by atoms with E-state index >= 15 is 0 Å². The van der Waals surface area contributed by atoms with Crippen LogP contribution < -0.4 is 25.4 Å². The van der Waals surface area contributed by atoms with Crippen LogP contribution in [-0.2, 0) is 35.3 Å². The minimum absolute atomic E-state index is 0.0214. The predicted molar refractivity (Wildman–Crippen MR) is 283 cm³/mol. The number of aliphatic hydroxyl groups is 1. The van der Waals surface area contributed by atoms with Crippen LogP contribution in [0.2, 0.25) is 0 Å². The van der Waals surface area contributed by atoms with Crippen LogP contribution in [0.15, 0.2) is 48.8 Å². The Hall–Kier alpha value is -6.91. The molecular weight excluding hydrogens is 1040 g/mol. The van der Waals surface area contributed by atoms with Crippen LogP contribution in [0.1, 0.15) is 42.7 Å². The van der Waals surface area contributed by atoms with Crippen LogP contribution in [0.25, 0.3) is 28.1 Å². The van der Waals surface area contributed by atoms with E-state index in [1.165, 1.54) is 11.8 Å². The van der Waals surface area contributed by atoms with E-state index in [0.717, 1.165) is 18.2 Å². The van der Waals surface area contributed by atoms with Crippen LogP contribution in [0, 0.1) is 11.6 Å². The zero-order valence-electron chi connectivity index (χ0n) is 44.8. The van der Waals surface area contributed by atoms with Gasteiger partial charge in [0.15, 0.2) is 5.69 Å². The van der Waals surface area contributed by atoms with Crippen molar-refractivity contribution >= 4 is 35.4 Å². The van der Waals surface area contributed by atoms with Crippen molar-refractivity contribution in [3.05, 3.63) is 71.7 Å². The second kappa shape index (κ2) is 28.3. The summed E-state index contributed by atoms with van der Waals surface area (Å²) < 4.78 is 54.3. The highest BCUT2D eigenvalue weighted by Crippen LogP contribution is 2.46. The van der Waals surface area contributed by atoms with Gasteiger partial charge in [0.2, 0.25) is 5.91 Å². The van der Waals surface area contributed by atoms with Gasteiger partial charge in [-0.3, -0.25) is 53.9 Å². The number of fused-ring (bicyclic) bond motifs is 3. The summed E-state index contributed by atoms with van der Waals surface area (Å²) in [5, 5.41) is 52.9. The second-order valence-electron chi connectivity index (χ2n) is 20.1. The number of hydrogen-bond acceptors (Lipinski definition) is 18. The second-order valence-corrected chi connectivity index (χ2v) is 20.1. The zero-order chi connectivity index (χ0) is 56.6. The molecule has 2 aromatic carbocycles. The summed E-state index contributed by atoms with van der Waals surface area (Å²) in [5.74, 6) is -4.51. The number of ether oxygens (including phenoxy) is 4. The number of carbonyl (C=O) groups excluding carboxylic acids is 2. The third-order valence-electron chi connectivity index (χ3n) is 13.7. The summed E-state index contributed by atoms with van der Waals surface area (Å²) >= 11 is 0. The van der Waals surface area contributed by atoms with Gasteiger partial charge in [0.25, 0.3) is 5.91 Å². The van der Waals surface area contributed by atoms with E-state index in [1.54, 1.807) is 38.1 Å². The predicted octanol–water partition coefficient (Wildman–Crippen LogP) is 1.74. The molecule has 79 heavy (non-hydrogen) atoms. The number of pyridine rings is 1. The summed E-state index contributed by atoms with van der Waals surface area (Å²) in [6, 6.07) is 8.52. The number of hydrogen-bond donors (Lipinski definition) is 7. The van der Waals surface area contributed by atoms with Gasteiger partial charge in [0.1, 0.15) is 36.0 Å². The summed E-state index contributed by atoms with van der Waals surface area (Å²) in [6.07, 6.45) is 3.40. The molecular formula is C53H71F2N11O13. The molecule has 26 heteroatoms. The van der Waals surface area contributed by atoms with Crippen molar-refractivity contribution in [2.24, 2.45) is 0 Å². The number of carboxylic acids is 3. The van der Waals surface area contributed by atoms with Gasteiger partial charge in [-0.1, -0.05) is 0 Å². The molecule has 430 valence electrons. The number of benzene rings is 2. The molecule has 0 spiro atoms. The fraction of sp³-hybridized carbons (Fsp3) is 0.528. The number of morpholine rings is 1. The van der Waals surface area contributed by atoms with Crippen LogP contribution in [0.5, 0.6) is 11.5 Å². The fourth-order valence-corrected chi connectivity index (χ4v) is 9.64. The minimum Gasteiger partial charge on any atom is -0.496 e. The van der Waals surface area contributed by atoms with Gasteiger partial charge in [-0.05, 0) is 51.1 Å². The lowest BCUT2D eigenvalue weighted by molar-refractivity contribution is -0.140. The number of aromatic nitrogens is 3. The van der Waals surface area contributed by atoms with Crippen molar-refractivity contribution in [1.82, 2.24) is 49.9 Å². The first-order valence-electron chi connectivity index (χ1n) is 26.2. The van der Waals surface area contributed by atoms with Gasteiger partial charge < -0.3 is 54.9 Å². The summed E-state index contributed by atoms with van der Waals surface area (Å²) in [5.41, 5.74) is 2.95. The molecule has 24 nitrogen and oxygen atoms in total. The largest absolute Gasteiger partial charge is 0.496 e. The number of aliphatic carboxylic acids is 3. The molecule has 3 aliphatic rings. The first-order valence-corrected chi connectivity index (χ1v) is 26.2. The van der Waals surface area contributed by atoms with Crippen LogP contribution >= 0.6 is 0 Å². The fourth-order valence-electron chi connectivity index (χ4n) is 9.64. The number of nitrogens with zero attached hydrogens (tertiary/aromatic N) is 8. The first kappa shape index (κ1) is 59.7. The Balaban J connectivity index is 0.879. The number of nitrogens with one attached hydrogen (secondary N) is 3. The van der Waals surface area contributed by atoms with Crippen LogP contribution in [-0.4, -0.2) is 239 Å². The molecule has 0 saturated carbocycles. The topological polar surface area (TPSA) is 286 Å². The molecule has 2 saturated heterocycles. The molecule has 7 rings (SSSR count). The van der Waals surface area contributed by atoms with Crippen molar-refractivity contribution in [2.75, 3.05) is 144 Å². The number of carbonyl (C=O) groups is 5. The molecule has 0 aliphatic carbocycles. The molecule has 5 heterocycles. The van der Waals surface area contributed by atoms with E-state index < -0.39 is 41.3 Å². The van der Waals surface area contributed by atoms with Crippen molar-refractivity contribution in [3.63, 3.8) is 0 Å². The Morgan fingerprint density at radius 3 is 1.97 bits per heavy atom. The van der Waals surface area contributed by atoms with Crippen molar-refractivity contribution in [2.45, 2.75) is 45.1 Å². The van der Waals surface area contributed by atoms with Gasteiger partial charge >= 0.3 is 17.9 Å². The summed E-state index contributed by atoms with van der Waals surface area (Å²) in [6.45, 7) is 7.82. The van der Waals surface area contributed by atoms with Crippen molar-refractivity contribution in [1.29, 1.82) is 0 Å². The number of halogens is 2. The maximum atomic E-state index is 14.8. The van der Waals surface area contributed by atoms with Crippen LogP contribution in [0.4, 0.5) is 14.5 Å². The van der Waals surface area contributed by atoms with Gasteiger partial charge in [0, 0.05) is 125 Å². The highest BCUT2D eigenvalue weighted by Gasteiger charge is 2.39. The Kier molecular flexibility index (Phi) is 21.4.